The Morgan fingerprint density at radius 1 is 1.56 bits per heavy atom. The highest BCUT2D eigenvalue weighted by Gasteiger charge is 2.03. The molecule has 0 spiro atoms. The minimum absolute atomic E-state index is 0.339. The Bertz CT molecular complexity index is 400. The molecule has 1 rings (SSSR count). The number of carbonyl (C=O) groups excluding carboxylic acids is 1. The van der Waals surface area contributed by atoms with Gasteiger partial charge in [-0.25, -0.2) is 4.79 Å². The van der Waals surface area contributed by atoms with Crippen LogP contribution in [-0.4, -0.2) is 36.1 Å². The summed E-state index contributed by atoms with van der Waals surface area (Å²) >= 11 is 0. The molecule has 2 N–H and O–H groups in total. The third-order valence-electron chi connectivity index (χ3n) is 2.22. The summed E-state index contributed by atoms with van der Waals surface area (Å²) in [4.78, 5) is 17.4. The largest absolute Gasteiger partial charge is 0.461 e. The van der Waals surface area contributed by atoms with Crippen LogP contribution in [0.15, 0.2) is 36.2 Å². The van der Waals surface area contributed by atoms with Crippen LogP contribution in [0.1, 0.15) is 12.6 Å². The maximum absolute atomic E-state index is 11.2. The molecule has 0 aliphatic carbocycles. The summed E-state index contributed by atoms with van der Waals surface area (Å²) in [7, 11) is 1.95. The van der Waals surface area contributed by atoms with Gasteiger partial charge in [-0.1, -0.05) is 6.07 Å². The van der Waals surface area contributed by atoms with Gasteiger partial charge >= 0.3 is 5.97 Å². The molecule has 0 amide bonds. The van der Waals surface area contributed by atoms with Gasteiger partial charge in [0.1, 0.15) is 6.61 Å². The van der Waals surface area contributed by atoms with E-state index in [-0.39, 0.29) is 0 Å². The number of aromatic nitrogens is 1. The Morgan fingerprint density at radius 3 is 2.94 bits per heavy atom. The molecule has 0 atom stereocenters. The average molecular weight is 249 g/mol. The van der Waals surface area contributed by atoms with Crippen LogP contribution in [0.3, 0.4) is 0 Å². The van der Waals surface area contributed by atoms with E-state index in [1.54, 1.807) is 13.1 Å². The number of hydrogen-bond donors (Lipinski definition) is 1. The Labute approximate surface area is 107 Å². The fourth-order valence-electron chi connectivity index (χ4n) is 1.38. The van der Waals surface area contributed by atoms with Crippen molar-refractivity contribution >= 4 is 5.97 Å². The van der Waals surface area contributed by atoms with Gasteiger partial charge in [0.05, 0.1) is 5.69 Å². The average Bonchev–Trinajstić information content (AvgIpc) is 2.29. The van der Waals surface area contributed by atoms with Crippen molar-refractivity contribution < 1.29 is 9.53 Å². The molecule has 5 heteroatoms. The third kappa shape index (κ3) is 6.00. The number of hydrogen-bond acceptors (Lipinski definition) is 5. The quantitative estimate of drug-likeness (QED) is 0.599. The van der Waals surface area contributed by atoms with E-state index in [0.717, 1.165) is 12.2 Å². The monoisotopic (exact) mass is 249 g/mol. The van der Waals surface area contributed by atoms with Crippen LogP contribution in [0.2, 0.25) is 0 Å². The lowest BCUT2D eigenvalue weighted by atomic mass is 10.3. The first-order chi connectivity index (χ1) is 8.58. The number of likely N-dealkylation sites (N-methyl/N-ethyl adjacent to an activating group) is 1. The van der Waals surface area contributed by atoms with Crippen molar-refractivity contribution in [2.45, 2.75) is 13.5 Å². The lowest BCUT2D eigenvalue weighted by Crippen LogP contribution is -2.24. The van der Waals surface area contributed by atoms with Crippen molar-refractivity contribution in [2.75, 3.05) is 20.2 Å². The molecule has 1 aromatic rings. The molecule has 0 aliphatic heterocycles. The van der Waals surface area contributed by atoms with Gasteiger partial charge in [0, 0.05) is 31.1 Å². The zero-order valence-electron chi connectivity index (χ0n) is 10.8. The molecule has 0 unspecified atom stereocenters. The summed E-state index contributed by atoms with van der Waals surface area (Å²) in [5.74, 6) is -0.402. The third-order valence-corrected chi connectivity index (χ3v) is 2.22. The summed E-state index contributed by atoms with van der Waals surface area (Å²) in [5, 5.41) is 0. The maximum atomic E-state index is 11.2. The lowest BCUT2D eigenvalue weighted by Gasteiger charge is -2.15. The van der Waals surface area contributed by atoms with Crippen molar-refractivity contribution in [3.8, 4) is 0 Å². The molecule has 1 heterocycles. The first-order valence-corrected chi connectivity index (χ1v) is 5.77. The fraction of sp³-hybridized carbons (Fsp3) is 0.385. The zero-order chi connectivity index (χ0) is 13.4. The summed E-state index contributed by atoms with van der Waals surface area (Å²) in [6, 6.07) is 5.79. The van der Waals surface area contributed by atoms with Crippen LogP contribution < -0.4 is 5.73 Å². The first kappa shape index (κ1) is 14.2. The number of pyridine rings is 1. The second kappa shape index (κ2) is 7.45. The summed E-state index contributed by atoms with van der Waals surface area (Å²) in [5.41, 5.74) is 6.80. The summed E-state index contributed by atoms with van der Waals surface area (Å²) in [6.07, 6.45) is 3.04. The molecular weight excluding hydrogens is 230 g/mol. The van der Waals surface area contributed by atoms with Crippen molar-refractivity contribution in [3.63, 3.8) is 0 Å². The van der Waals surface area contributed by atoms with Crippen molar-refractivity contribution in [1.82, 2.24) is 9.88 Å². The number of nitrogens with zero attached hydrogens (tertiary/aromatic N) is 2. The molecule has 18 heavy (non-hydrogen) atoms. The van der Waals surface area contributed by atoms with Crippen LogP contribution in [0.25, 0.3) is 0 Å². The smallest absolute Gasteiger partial charge is 0.332 e. The van der Waals surface area contributed by atoms with Crippen molar-refractivity contribution in [3.05, 3.63) is 41.9 Å². The highest BCUT2D eigenvalue weighted by atomic mass is 16.5. The molecule has 5 nitrogen and oxygen atoms in total. The molecular formula is C13H19N3O2. The van der Waals surface area contributed by atoms with Gasteiger partial charge in [-0.2, -0.15) is 0 Å². The van der Waals surface area contributed by atoms with Crippen LogP contribution in [0.5, 0.6) is 0 Å². The molecule has 0 saturated heterocycles. The second-order valence-electron chi connectivity index (χ2n) is 4.11. The Morgan fingerprint density at radius 2 is 2.33 bits per heavy atom. The topological polar surface area (TPSA) is 68.5 Å². The van der Waals surface area contributed by atoms with Crippen LogP contribution in [0.4, 0.5) is 0 Å². The summed E-state index contributed by atoms with van der Waals surface area (Å²) in [6.45, 7) is 3.37. The first-order valence-electron chi connectivity index (χ1n) is 5.77. The van der Waals surface area contributed by atoms with E-state index in [1.165, 1.54) is 6.08 Å². The molecule has 0 saturated carbocycles. The van der Waals surface area contributed by atoms with E-state index in [2.05, 4.69) is 4.98 Å². The standard InChI is InChI=1S/C13H19N3O2/c1-11(14)9-13(17)18-8-7-16(2)10-12-5-3-4-6-15-12/h3-6,9H,7-8,10,14H2,1-2H3. The van der Waals surface area contributed by atoms with E-state index in [1.807, 2.05) is 30.1 Å². The minimum Gasteiger partial charge on any atom is -0.461 e. The molecule has 0 fully saturated rings. The van der Waals surface area contributed by atoms with Crippen LogP contribution in [0, 0.1) is 0 Å². The predicted octanol–water partition coefficient (Wildman–Crippen LogP) is 0.919. The maximum Gasteiger partial charge on any atom is 0.332 e. The van der Waals surface area contributed by atoms with Gasteiger partial charge in [-0.3, -0.25) is 9.88 Å². The molecule has 0 aliphatic rings. The van der Waals surface area contributed by atoms with Gasteiger partial charge in [0.15, 0.2) is 0 Å². The predicted molar refractivity (Wildman–Crippen MR) is 69.5 cm³/mol. The molecule has 0 bridgehead atoms. The Balaban J connectivity index is 2.24. The zero-order valence-corrected chi connectivity index (χ0v) is 10.8. The normalized spacial score (nSPS) is 11.6. The number of carbonyl (C=O) groups is 1. The van der Waals surface area contributed by atoms with Crippen LogP contribution in [-0.2, 0) is 16.1 Å². The fourth-order valence-corrected chi connectivity index (χ4v) is 1.38. The highest BCUT2D eigenvalue weighted by Crippen LogP contribution is 1.98. The second-order valence-corrected chi connectivity index (χ2v) is 4.11. The number of rotatable bonds is 6. The van der Waals surface area contributed by atoms with E-state index in [9.17, 15) is 4.79 Å². The number of nitrogens with two attached hydrogens (primary N) is 1. The number of esters is 1. The van der Waals surface area contributed by atoms with Gasteiger partial charge in [0.2, 0.25) is 0 Å². The minimum atomic E-state index is -0.402. The van der Waals surface area contributed by atoms with Gasteiger partial charge in [-0.05, 0) is 26.1 Å². The highest BCUT2D eigenvalue weighted by molar-refractivity contribution is 5.82. The SMILES string of the molecule is CC(N)=CC(=O)OCCN(C)Cc1ccccn1. The van der Waals surface area contributed by atoms with E-state index < -0.39 is 5.97 Å². The van der Waals surface area contributed by atoms with Crippen LogP contribution >= 0.6 is 0 Å². The van der Waals surface area contributed by atoms with E-state index >= 15 is 0 Å². The van der Waals surface area contributed by atoms with Crippen molar-refractivity contribution in [2.24, 2.45) is 5.73 Å². The molecule has 1 aromatic heterocycles. The van der Waals surface area contributed by atoms with Crippen molar-refractivity contribution in [1.29, 1.82) is 0 Å². The summed E-state index contributed by atoms with van der Waals surface area (Å²) < 4.78 is 5.00. The molecule has 0 radical (unpaired) electrons. The molecule has 0 aromatic carbocycles. The van der Waals surface area contributed by atoms with Gasteiger partial charge in [-0.15, -0.1) is 0 Å². The number of ether oxygens (including phenoxy) is 1. The Hall–Kier alpha value is -1.88. The van der Waals surface area contributed by atoms with E-state index in [0.29, 0.717) is 18.8 Å². The van der Waals surface area contributed by atoms with Gasteiger partial charge in [0.25, 0.3) is 0 Å². The lowest BCUT2D eigenvalue weighted by molar-refractivity contribution is -0.138. The number of allylic oxidation sites excluding steroid dienone is 1. The van der Waals surface area contributed by atoms with Gasteiger partial charge < -0.3 is 10.5 Å². The Kier molecular flexibility index (Phi) is 5.87. The van der Waals surface area contributed by atoms with E-state index in [4.69, 9.17) is 10.5 Å². The molecule has 98 valence electrons.